The van der Waals surface area contributed by atoms with Gasteiger partial charge >= 0.3 is 0 Å². The Morgan fingerprint density at radius 3 is 2.50 bits per heavy atom. The van der Waals surface area contributed by atoms with Gasteiger partial charge in [0.1, 0.15) is 5.75 Å². The summed E-state index contributed by atoms with van der Waals surface area (Å²) in [5, 5.41) is 7.79. The minimum Gasteiger partial charge on any atom is -0.493 e. The summed E-state index contributed by atoms with van der Waals surface area (Å²) in [4.78, 5) is 29.5. The Labute approximate surface area is 238 Å². The molecular weight excluding hydrogens is 551 g/mol. The molecule has 0 bridgehead atoms. The minimum absolute atomic E-state index is 0. The summed E-state index contributed by atoms with van der Waals surface area (Å²) < 4.78 is 11.2. The monoisotopic (exact) mass is 580 g/mol. The van der Waals surface area contributed by atoms with Gasteiger partial charge in [0, 0.05) is 12.3 Å². The number of ether oxygens (including phenoxy) is 1. The van der Waals surface area contributed by atoms with E-state index in [9.17, 15) is 9.59 Å². The zero-order chi connectivity index (χ0) is 26.2. The molecule has 3 N–H and O–H groups in total. The van der Waals surface area contributed by atoms with Gasteiger partial charge in [0.05, 0.1) is 29.1 Å². The van der Waals surface area contributed by atoms with Gasteiger partial charge in [-0.3, -0.25) is 9.59 Å². The second-order valence-corrected chi connectivity index (χ2v) is 9.98. The largest absolute Gasteiger partial charge is 0.493 e. The van der Waals surface area contributed by atoms with Gasteiger partial charge in [0.25, 0.3) is 0 Å². The Morgan fingerprint density at radius 1 is 1.08 bits per heavy atom. The lowest BCUT2D eigenvalue weighted by Crippen LogP contribution is -2.42. The maximum absolute atomic E-state index is 13.0. The number of nitrogens with zero attached hydrogens (tertiary/aromatic N) is 2. The van der Waals surface area contributed by atoms with Crippen LogP contribution in [0.4, 0.5) is 0 Å². The van der Waals surface area contributed by atoms with Gasteiger partial charge in [0.15, 0.2) is 0 Å². The van der Waals surface area contributed by atoms with E-state index < -0.39 is 6.04 Å². The molecule has 204 valence electrons. The van der Waals surface area contributed by atoms with Crippen molar-refractivity contribution < 1.29 is 18.8 Å². The number of carbonyl (C=O) groups excluding carboxylic acids is 2. The first kappa shape index (κ1) is 29.9. The van der Waals surface area contributed by atoms with Crippen molar-refractivity contribution in [2.75, 3.05) is 13.2 Å². The number of amides is 1. The van der Waals surface area contributed by atoms with E-state index in [4.69, 9.17) is 38.2 Å². The number of benzene rings is 2. The molecule has 0 unspecified atom stereocenters. The van der Waals surface area contributed by atoms with Crippen LogP contribution >= 0.6 is 35.6 Å². The highest BCUT2D eigenvalue weighted by molar-refractivity contribution is 6.42. The van der Waals surface area contributed by atoms with Crippen LogP contribution in [0.1, 0.15) is 59.7 Å². The van der Waals surface area contributed by atoms with E-state index in [2.05, 4.69) is 15.5 Å². The predicted octanol–water partition coefficient (Wildman–Crippen LogP) is 5.22. The molecule has 1 fully saturated rings. The standard InChI is InChI=1S/C27H30Cl2N4O4.ClH/c28-21-11-6-18(15-22(21)29)12-14-36-20-9-4-17(5-10-20)16-24-32-26(33-37-24)25(34)23(3-1-2-13-30)31-27(35)19-7-8-19;/h4-6,9-11,15,19,23H,1-3,7-8,12-14,16,30H2,(H,31,35);1H/t23-;/m0./s1. The number of nitrogens with one attached hydrogen (secondary N) is 1. The lowest BCUT2D eigenvalue weighted by Gasteiger charge is -2.15. The summed E-state index contributed by atoms with van der Waals surface area (Å²) in [6.07, 6.45) is 4.79. The SMILES string of the molecule is Cl.NCCCC[C@H](NC(=O)C1CC1)C(=O)c1noc(Cc2ccc(OCCc3ccc(Cl)c(Cl)c3)cc2)n1. The Hall–Kier alpha value is -2.65. The fraction of sp³-hybridized carbons (Fsp3) is 0.407. The zero-order valence-corrected chi connectivity index (χ0v) is 23.2. The van der Waals surface area contributed by atoms with E-state index in [1.165, 1.54) is 0 Å². The van der Waals surface area contributed by atoms with E-state index >= 15 is 0 Å². The van der Waals surface area contributed by atoms with E-state index in [1.54, 1.807) is 6.07 Å². The Kier molecular flexibility index (Phi) is 11.4. The molecule has 1 aliphatic rings. The number of rotatable bonds is 14. The summed E-state index contributed by atoms with van der Waals surface area (Å²) in [5.74, 6) is 0.614. The summed E-state index contributed by atoms with van der Waals surface area (Å²) in [6.45, 7) is 1.03. The molecule has 1 heterocycles. The van der Waals surface area contributed by atoms with E-state index in [0.717, 1.165) is 42.6 Å². The normalized spacial score (nSPS) is 13.4. The van der Waals surface area contributed by atoms with Crippen LogP contribution in [-0.2, 0) is 17.6 Å². The van der Waals surface area contributed by atoms with Crippen LogP contribution in [0.25, 0.3) is 0 Å². The molecule has 0 radical (unpaired) electrons. The van der Waals surface area contributed by atoms with E-state index in [0.29, 0.717) is 48.4 Å². The zero-order valence-electron chi connectivity index (χ0n) is 20.8. The topological polar surface area (TPSA) is 120 Å². The highest BCUT2D eigenvalue weighted by Gasteiger charge is 2.33. The number of hydrogen-bond acceptors (Lipinski definition) is 7. The Bertz CT molecular complexity index is 1220. The third-order valence-corrected chi connectivity index (χ3v) is 6.88. The first-order chi connectivity index (χ1) is 17.9. The lowest BCUT2D eigenvalue weighted by molar-refractivity contribution is -0.122. The number of aromatic nitrogens is 2. The third-order valence-electron chi connectivity index (χ3n) is 6.14. The number of halogens is 3. The van der Waals surface area contributed by atoms with Crippen LogP contribution in [0.3, 0.4) is 0 Å². The smallest absolute Gasteiger partial charge is 0.240 e. The van der Waals surface area contributed by atoms with Gasteiger partial charge < -0.3 is 20.3 Å². The second kappa shape index (κ2) is 14.5. The highest BCUT2D eigenvalue weighted by Crippen LogP contribution is 2.29. The first-order valence-electron chi connectivity index (χ1n) is 12.5. The molecule has 38 heavy (non-hydrogen) atoms. The van der Waals surface area contributed by atoms with Gasteiger partial charge in [-0.15, -0.1) is 12.4 Å². The van der Waals surface area contributed by atoms with Crippen LogP contribution in [-0.4, -0.2) is 41.0 Å². The van der Waals surface area contributed by atoms with Gasteiger partial charge in [-0.05, 0) is 74.0 Å². The van der Waals surface area contributed by atoms with Crippen molar-refractivity contribution in [1.82, 2.24) is 15.5 Å². The highest BCUT2D eigenvalue weighted by atomic mass is 35.5. The maximum Gasteiger partial charge on any atom is 0.240 e. The van der Waals surface area contributed by atoms with Crippen molar-refractivity contribution in [3.05, 3.63) is 75.4 Å². The van der Waals surface area contributed by atoms with Crippen molar-refractivity contribution in [1.29, 1.82) is 0 Å². The average molecular weight is 582 g/mol. The number of carbonyl (C=O) groups is 2. The van der Waals surface area contributed by atoms with Gasteiger partial charge in [-0.1, -0.05) is 46.6 Å². The fourth-order valence-corrected chi connectivity index (χ4v) is 4.16. The molecular formula is C27H31Cl3N4O4. The first-order valence-corrected chi connectivity index (χ1v) is 13.2. The van der Waals surface area contributed by atoms with Crippen LogP contribution in [0.15, 0.2) is 47.0 Å². The van der Waals surface area contributed by atoms with Crippen LogP contribution in [0.5, 0.6) is 5.75 Å². The van der Waals surface area contributed by atoms with Crippen molar-refractivity contribution in [3.8, 4) is 5.75 Å². The number of hydrogen-bond donors (Lipinski definition) is 2. The molecule has 8 nitrogen and oxygen atoms in total. The molecule has 0 spiro atoms. The molecule has 0 saturated heterocycles. The Morgan fingerprint density at radius 2 is 1.82 bits per heavy atom. The van der Waals surface area contributed by atoms with Crippen molar-refractivity contribution >= 4 is 47.3 Å². The number of unbranched alkanes of at least 4 members (excludes halogenated alkanes) is 1. The maximum atomic E-state index is 13.0. The van der Waals surface area contributed by atoms with Gasteiger partial charge in [0.2, 0.25) is 23.4 Å². The molecule has 1 aliphatic carbocycles. The second-order valence-electron chi connectivity index (χ2n) is 9.16. The average Bonchev–Trinajstić information content (AvgIpc) is 3.65. The van der Waals surface area contributed by atoms with E-state index in [-0.39, 0.29) is 35.8 Å². The molecule has 2 aromatic carbocycles. The summed E-state index contributed by atoms with van der Waals surface area (Å²) in [6, 6.07) is 12.4. The molecule has 3 aromatic rings. The molecule has 0 aliphatic heterocycles. The summed E-state index contributed by atoms with van der Waals surface area (Å²) >= 11 is 12.0. The van der Waals surface area contributed by atoms with Gasteiger partial charge in [-0.25, -0.2) is 0 Å². The molecule has 1 aromatic heterocycles. The van der Waals surface area contributed by atoms with Crippen molar-refractivity contribution in [2.24, 2.45) is 11.7 Å². The van der Waals surface area contributed by atoms with Gasteiger partial charge in [-0.2, -0.15) is 4.98 Å². The molecule has 1 atom stereocenters. The number of nitrogens with two attached hydrogens (primary N) is 1. The number of Topliss-reactive ketones (excluding diaryl/α,β-unsaturated/α-hetero) is 1. The molecule has 4 rings (SSSR count). The van der Waals surface area contributed by atoms with Crippen molar-refractivity contribution in [2.45, 2.75) is 51.0 Å². The quantitative estimate of drug-likeness (QED) is 0.198. The van der Waals surface area contributed by atoms with Crippen LogP contribution in [0, 0.1) is 5.92 Å². The minimum atomic E-state index is -0.676. The fourth-order valence-electron chi connectivity index (χ4n) is 3.84. The van der Waals surface area contributed by atoms with Crippen LogP contribution < -0.4 is 15.8 Å². The van der Waals surface area contributed by atoms with Crippen molar-refractivity contribution in [3.63, 3.8) is 0 Å². The summed E-state index contributed by atoms with van der Waals surface area (Å²) in [7, 11) is 0. The molecule has 1 saturated carbocycles. The predicted molar refractivity (Wildman–Crippen MR) is 148 cm³/mol. The molecule has 11 heteroatoms. The molecule has 1 amide bonds. The summed E-state index contributed by atoms with van der Waals surface area (Å²) in [5.41, 5.74) is 7.55. The van der Waals surface area contributed by atoms with E-state index in [1.807, 2.05) is 36.4 Å². The third kappa shape index (κ3) is 8.70. The number of ketones is 1. The van der Waals surface area contributed by atoms with Crippen LogP contribution in [0.2, 0.25) is 10.0 Å². The Balaban J connectivity index is 0.00000400. The lowest BCUT2D eigenvalue weighted by atomic mass is 10.0.